The Balaban J connectivity index is 2.15. The van der Waals surface area contributed by atoms with Crippen LogP contribution in [0.25, 0.3) is 0 Å². The predicted octanol–water partition coefficient (Wildman–Crippen LogP) is 2.53. The Kier molecular flexibility index (Phi) is 3.99. The Morgan fingerprint density at radius 1 is 1.37 bits per heavy atom. The zero-order valence-electron chi connectivity index (χ0n) is 10.9. The van der Waals surface area contributed by atoms with Gasteiger partial charge in [0, 0.05) is 5.56 Å². The minimum absolute atomic E-state index is 0.172. The average molecular weight is 286 g/mol. The van der Waals surface area contributed by atoms with Crippen LogP contribution in [0.5, 0.6) is 0 Å². The average Bonchev–Trinajstić information content (AvgIpc) is 2.71. The third kappa shape index (κ3) is 3.18. The summed E-state index contributed by atoms with van der Waals surface area (Å²) >= 11 is 0. The Labute approximate surface area is 112 Å². The van der Waals surface area contributed by atoms with Crippen molar-refractivity contribution in [1.82, 2.24) is 0 Å². The van der Waals surface area contributed by atoms with Gasteiger partial charge in [-0.3, -0.25) is 0 Å². The molecular formula is C13H18O5S. The molecule has 0 saturated heterocycles. The van der Waals surface area contributed by atoms with Gasteiger partial charge in [0.1, 0.15) is 11.5 Å². The van der Waals surface area contributed by atoms with Gasteiger partial charge in [-0.1, -0.05) is 19.3 Å². The van der Waals surface area contributed by atoms with Crippen LogP contribution in [0.2, 0.25) is 0 Å². The highest BCUT2D eigenvalue weighted by Gasteiger charge is 2.29. The molecule has 0 bridgehead atoms. The third-order valence-corrected chi connectivity index (χ3v) is 5.74. The van der Waals surface area contributed by atoms with Crippen LogP contribution in [0.1, 0.15) is 54.0 Å². The van der Waals surface area contributed by atoms with Gasteiger partial charge in [0.25, 0.3) is 0 Å². The number of aryl methyl sites for hydroxylation is 1. The van der Waals surface area contributed by atoms with E-state index in [9.17, 15) is 13.2 Å². The van der Waals surface area contributed by atoms with E-state index < -0.39 is 15.8 Å². The van der Waals surface area contributed by atoms with E-state index in [0.717, 1.165) is 19.3 Å². The SMILES string of the molecule is Cc1cc(CS(=O)(=O)C2CCCCC2)oc1C(=O)O. The molecule has 5 nitrogen and oxygen atoms in total. The standard InChI is InChI=1S/C13H18O5S/c1-9-7-10(18-12(9)13(14)15)8-19(16,17)11-5-3-2-4-6-11/h7,11H,2-6,8H2,1H3,(H,14,15). The summed E-state index contributed by atoms with van der Waals surface area (Å²) in [5.74, 6) is -1.32. The summed E-state index contributed by atoms with van der Waals surface area (Å²) in [6, 6.07) is 1.50. The van der Waals surface area contributed by atoms with Crippen LogP contribution in [-0.2, 0) is 15.6 Å². The Morgan fingerprint density at radius 3 is 2.53 bits per heavy atom. The zero-order chi connectivity index (χ0) is 14.0. The van der Waals surface area contributed by atoms with Gasteiger partial charge in [0.2, 0.25) is 5.76 Å². The second kappa shape index (κ2) is 5.36. The van der Waals surface area contributed by atoms with Crippen molar-refractivity contribution >= 4 is 15.8 Å². The van der Waals surface area contributed by atoms with Crippen LogP contribution < -0.4 is 0 Å². The lowest BCUT2D eigenvalue weighted by molar-refractivity contribution is 0.0659. The van der Waals surface area contributed by atoms with Gasteiger partial charge in [-0.15, -0.1) is 0 Å². The summed E-state index contributed by atoms with van der Waals surface area (Å²) in [5.41, 5.74) is 0.460. The number of carbonyl (C=O) groups is 1. The van der Waals surface area contributed by atoms with Crippen molar-refractivity contribution in [2.45, 2.75) is 50.0 Å². The number of carboxylic acids is 1. The molecule has 1 N–H and O–H groups in total. The molecule has 106 valence electrons. The Bertz CT molecular complexity index is 564. The molecule has 1 aliphatic rings. The van der Waals surface area contributed by atoms with E-state index in [1.165, 1.54) is 6.07 Å². The highest BCUT2D eigenvalue weighted by atomic mass is 32.2. The number of hydrogen-bond acceptors (Lipinski definition) is 4. The molecule has 1 heterocycles. The maximum absolute atomic E-state index is 12.2. The first-order chi connectivity index (χ1) is 8.90. The highest BCUT2D eigenvalue weighted by Crippen LogP contribution is 2.27. The number of aromatic carboxylic acids is 1. The maximum atomic E-state index is 12.2. The third-order valence-electron chi connectivity index (χ3n) is 3.57. The molecule has 0 spiro atoms. The van der Waals surface area contributed by atoms with Crippen LogP contribution in [0, 0.1) is 6.92 Å². The fourth-order valence-electron chi connectivity index (χ4n) is 2.57. The normalized spacial score (nSPS) is 17.5. The molecule has 6 heteroatoms. The van der Waals surface area contributed by atoms with Crippen molar-refractivity contribution in [2.24, 2.45) is 0 Å². The van der Waals surface area contributed by atoms with Gasteiger partial charge < -0.3 is 9.52 Å². The fraction of sp³-hybridized carbons (Fsp3) is 0.615. The van der Waals surface area contributed by atoms with Crippen molar-refractivity contribution in [3.05, 3.63) is 23.2 Å². The molecule has 0 aromatic carbocycles. The topological polar surface area (TPSA) is 84.6 Å². The van der Waals surface area contributed by atoms with E-state index in [4.69, 9.17) is 9.52 Å². The predicted molar refractivity (Wildman–Crippen MR) is 69.9 cm³/mol. The maximum Gasteiger partial charge on any atom is 0.372 e. The van der Waals surface area contributed by atoms with E-state index in [0.29, 0.717) is 18.4 Å². The zero-order valence-corrected chi connectivity index (χ0v) is 11.7. The number of rotatable bonds is 4. The first-order valence-corrected chi connectivity index (χ1v) is 8.16. The number of sulfone groups is 1. The van der Waals surface area contributed by atoms with Crippen molar-refractivity contribution in [3.8, 4) is 0 Å². The molecule has 1 fully saturated rings. The Morgan fingerprint density at radius 2 is 2.00 bits per heavy atom. The summed E-state index contributed by atoms with van der Waals surface area (Å²) in [4.78, 5) is 10.9. The first-order valence-electron chi connectivity index (χ1n) is 6.44. The van der Waals surface area contributed by atoms with Gasteiger partial charge in [-0.25, -0.2) is 13.2 Å². The summed E-state index contributed by atoms with van der Waals surface area (Å²) < 4.78 is 29.6. The fourth-order valence-corrected chi connectivity index (χ4v) is 4.40. The molecule has 19 heavy (non-hydrogen) atoms. The minimum atomic E-state index is -3.25. The molecule has 0 atom stereocenters. The van der Waals surface area contributed by atoms with Crippen molar-refractivity contribution < 1.29 is 22.7 Å². The number of furan rings is 1. The molecule has 1 aliphatic carbocycles. The highest BCUT2D eigenvalue weighted by molar-refractivity contribution is 7.91. The lowest BCUT2D eigenvalue weighted by Crippen LogP contribution is -2.25. The van der Waals surface area contributed by atoms with Crippen molar-refractivity contribution in [1.29, 1.82) is 0 Å². The van der Waals surface area contributed by atoms with Crippen molar-refractivity contribution in [3.63, 3.8) is 0 Å². The molecule has 1 aromatic heterocycles. The van der Waals surface area contributed by atoms with Crippen LogP contribution in [0.4, 0.5) is 0 Å². The van der Waals surface area contributed by atoms with Crippen molar-refractivity contribution in [2.75, 3.05) is 0 Å². The summed E-state index contributed by atoms with van der Waals surface area (Å²) in [6.07, 6.45) is 4.39. The van der Waals surface area contributed by atoms with E-state index in [1.807, 2.05) is 0 Å². The molecule has 0 unspecified atom stereocenters. The lowest BCUT2D eigenvalue weighted by Gasteiger charge is -2.21. The number of carboxylic acid groups (broad SMARTS) is 1. The van der Waals surface area contributed by atoms with Gasteiger partial charge in [0.05, 0.1) is 5.25 Å². The summed E-state index contributed by atoms with van der Waals surface area (Å²) in [5, 5.41) is 8.58. The van der Waals surface area contributed by atoms with Crippen LogP contribution in [0.3, 0.4) is 0 Å². The first kappa shape index (κ1) is 14.1. The summed E-state index contributed by atoms with van der Waals surface area (Å²) in [6.45, 7) is 1.60. The van der Waals surface area contributed by atoms with Crippen LogP contribution in [-0.4, -0.2) is 24.7 Å². The molecule has 0 aliphatic heterocycles. The second-order valence-electron chi connectivity index (χ2n) is 5.10. The molecule has 2 rings (SSSR count). The number of hydrogen-bond donors (Lipinski definition) is 1. The van der Waals surface area contributed by atoms with E-state index in [-0.39, 0.29) is 22.5 Å². The van der Waals surface area contributed by atoms with Gasteiger partial charge >= 0.3 is 5.97 Å². The minimum Gasteiger partial charge on any atom is -0.475 e. The lowest BCUT2D eigenvalue weighted by atomic mass is 10.0. The molecule has 0 radical (unpaired) electrons. The van der Waals surface area contributed by atoms with E-state index in [1.54, 1.807) is 6.92 Å². The molecule has 1 saturated carbocycles. The molecule has 1 aromatic rings. The quantitative estimate of drug-likeness (QED) is 0.919. The van der Waals surface area contributed by atoms with Gasteiger partial charge in [0.15, 0.2) is 9.84 Å². The largest absolute Gasteiger partial charge is 0.475 e. The monoisotopic (exact) mass is 286 g/mol. The molecular weight excluding hydrogens is 268 g/mol. The van der Waals surface area contributed by atoms with Crippen LogP contribution >= 0.6 is 0 Å². The summed E-state index contributed by atoms with van der Waals surface area (Å²) in [7, 11) is -3.25. The van der Waals surface area contributed by atoms with E-state index in [2.05, 4.69) is 0 Å². The second-order valence-corrected chi connectivity index (χ2v) is 7.38. The van der Waals surface area contributed by atoms with Gasteiger partial charge in [-0.2, -0.15) is 0 Å². The smallest absolute Gasteiger partial charge is 0.372 e. The van der Waals surface area contributed by atoms with E-state index >= 15 is 0 Å². The van der Waals surface area contributed by atoms with Gasteiger partial charge in [-0.05, 0) is 25.8 Å². The Hall–Kier alpha value is -1.30. The van der Waals surface area contributed by atoms with Crippen LogP contribution in [0.15, 0.2) is 10.5 Å². The molecule has 0 amide bonds.